The molecule has 1 heterocycles. The number of nitrogens with zero attached hydrogens (tertiary/aromatic N) is 2. The minimum atomic E-state index is -0.384. The fourth-order valence-electron chi connectivity index (χ4n) is 1.95. The van der Waals surface area contributed by atoms with Crippen molar-refractivity contribution in [2.45, 2.75) is 13.0 Å². The van der Waals surface area contributed by atoms with Crippen molar-refractivity contribution in [1.29, 1.82) is 0 Å². The van der Waals surface area contributed by atoms with Crippen LogP contribution in [0.4, 0.5) is 0 Å². The first-order valence-electron chi connectivity index (χ1n) is 6.12. The molecule has 1 atom stereocenters. The highest BCUT2D eigenvalue weighted by molar-refractivity contribution is 5.89. The molecule has 0 spiro atoms. The molecule has 0 bridgehead atoms. The number of ether oxygens (including phenoxy) is 1. The number of aromatic nitrogens is 2. The Morgan fingerprint density at radius 1 is 1.42 bits per heavy atom. The van der Waals surface area contributed by atoms with Crippen LogP contribution in [0.25, 0.3) is 0 Å². The number of rotatable bonds is 5. The van der Waals surface area contributed by atoms with E-state index in [0.717, 1.165) is 5.56 Å². The standard InChI is InChI=1S/C15H16N2O2/c1-3-19-15(18)12(2)14(17-10-9-16-11-17)13-7-5-4-6-8-13/h4-11,14H,2-3H2,1H3. The Labute approximate surface area is 112 Å². The van der Waals surface area contributed by atoms with Gasteiger partial charge in [0.15, 0.2) is 0 Å². The molecule has 1 aromatic carbocycles. The van der Waals surface area contributed by atoms with Gasteiger partial charge in [-0.2, -0.15) is 0 Å². The lowest BCUT2D eigenvalue weighted by atomic mass is 10.00. The summed E-state index contributed by atoms with van der Waals surface area (Å²) in [6.45, 7) is 6.00. The van der Waals surface area contributed by atoms with Gasteiger partial charge >= 0.3 is 5.97 Å². The van der Waals surface area contributed by atoms with Crippen LogP contribution < -0.4 is 0 Å². The summed E-state index contributed by atoms with van der Waals surface area (Å²) in [5.41, 5.74) is 1.37. The van der Waals surface area contributed by atoms with Gasteiger partial charge in [0.2, 0.25) is 0 Å². The van der Waals surface area contributed by atoms with Crippen LogP contribution >= 0.6 is 0 Å². The van der Waals surface area contributed by atoms with Crippen LogP contribution in [0.15, 0.2) is 61.2 Å². The van der Waals surface area contributed by atoms with Crippen molar-refractivity contribution in [2.24, 2.45) is 0 Å². The second kappa shape index (κ2) is 6.00. The number of imidazole rings is 1. The molecule has 0 fully saturated rings. The van der Waals surface area contributed by atoms with Gasteiger partial charge in [0.1, 0.15) is 0 Å². The van der Waals surface area contributed by atoms with Crippen molar-refractivity contribution in [3.63, 3.8) is 0 Å². The predicted octanol–water partition coefficient (Wildman–Crippen LogP) is 2.59. The zero-order chi connectivity index (χ0) is 13.7. The monoisotopic (exact) mass is 256 g/mol. The van der Waals surface area contributed by atoms with Gasteiger partial charge in [-0.05, 0) is 12.5 Å². The fraction of sp³-hybridized carbons (Fsp3) is 0.200. The van der Waals surface area contributed by atoms with Crippen molar-refractivity contribution in [1.82, 2.24) is 9.55 Å². The third kappa shape index (κ3) is 2.91. The normalized spacial score (nSPS) is 11.8. The Kier molecular flexibility index (Phi) is 4.13. The lowest BCUT2D eigenvalue weighted by molar-refractivity contribution is -0.138. The summed E-state index contributed by atoms with van der Waals surface area (Å²) < 4.78 is 6.87. The molecule has 0 aliphatic carbocycles. The molecule has 1 aromatic heterocycles. The van der Waals surface area contributed by atoms with Crippen LogP contribution in [0.1, 0.15) is 18.5 Å². The van der Waals surface area contributed by atoms with E-state index in [1.807, 2.05) is 41.1 Å². The van der Waals surface area contributed by atoms with E-state index in [4.69, 9.17) is 4.74 Å². The van der Waals surface area contributed by atoms with Crippen LogP contribution in [0, 0.1) is 0 Å². The number of hydrogen-bond donors (Lipinski definition) is 0. The minimum absolute atomic E-state index is 0.289. The molecular weight excluding hydrogens is 240 g/mol. The zero-order valence-electron chi connectivity index (χ0n) is 10.8. The minimum Gasteiger partial charge on any atom is -0.463 e. The number of carbonyl (C=O) groups is 1. The molecule has 0 saturated carbocycles. The van der Waals surface area contributed by atoms with Crippen LogP contribution in [0.3, 0.4) is 0 Å². The molecule has 4 heteroatoms. The Morgan fingerprint density at radius 3 is 2.74 bits per heavy atom. The topological polar surface area (TPSA) is 44.1 Å². The van der Waals surface area contributed by atoms with Crippen LogP contribution in [0.5, 0.6) is 0 Å². The highest BCUT2D eigenvalue weighted by Gasteiger charge is 2.23. The molecule has 0 radical (unpaired) electrons. The average molecular weight is 256 g/mol. The molecule has 1 unspecified atom stereocenters. The third-order valence-electron chi connectivity index (χ3n) is 2.81. The van der Waals surface area contributed by atoms with Gasteiger partial charge in [-0.25, -0.2) is 9.78 Å². The van der Waals surface area contributed by atoms with E-state index in [9.17, 15) is 4.79 Å². The molecule has 0 aliphatic heterocycles. The van der Waals surface area contributed by atoms with E-state index in [-0.39, 0.29) is 12.0 Å². The van der Waals surface area contributed by atoms with E-state index in [0.29, 0.717) is 12.2 Å². The van der Waals surface area contributed by atoms with Gasteiger partial charge in [-0.15, -0.1) is 0 Å². The molecule has 4 nitrogen and oxygen atoms in total. The van der Waals surface area contributed by atoms with Gasteiger partial charge < -0.3 is 9.30 Å². The molecule has 2 rings (SSSR count). The van der Waals surface area contributed by atoms with Crippen molar-refractivity contribution in [3.05, 3.63) is 66.8 Å². The van der Waals surface area contributed by atoms with Gasteiger partial charge in [0.25, 0.3) is 0 Å². The van der Waals surface area contributed by atoms with Gasteiger partial charge in [0, 0.05) is 12.4 Å². The maximum Gasteiger partial charge on any atom is 0.335 e. The second-order valence-electron chi connectivity index (χ2n) is 4.07. The number of esters is 1. The Bertz CT molecular complexity index is 547. The average Bonchev–Trinajstić information content (AvgIpc) is 2.94. The summed E-state index contributed by atoms with van der Waals surface area (Å²) in [4.78, 5) is 15.9. The quantitative estimate of drug-likeness (QED) is 0.610. The van der Waals surface area contributed by atoms with Crippen molar-refractivity contribution in [2.75, 3.05) is 6.61 Å². The van der Waals surface area contributed by atoms with E-state index in [1.54, 1.807) is 19.4 Å². The summed E-state index contributed by atoms with van der Waals surface area (Å²) in [6.07, 6.45) is 5.15. The zero-order valence-corrected chi connectivity index (χ0v) is 10.8. The largest absolute Gasteiger partial charge is 0.463 e. The van der Waals surface area contributed by atoms with Gasteiger partial charge in [-0.3, -0.25) is 0 Å². The summed E-state index contributed by atoms with van der Waals surface area (Å²) in [5.74, 6) is -0.384. The lowest BCUT2D eigenvalue weighted by Crippen LogP contribution is -2.19. The van der Waals surface area contributed by atoms with E-state index in [1.165, 1.54) is 0 Å². The van der Waals surface area contributed by atoms with Crippen molar-refractivity contribution < 1.29 is 9.53 Å². The highest BCUT2D eigenvalue weighted by atomic mass is 16.5. The summed E-state index contributed by atoms with van der Waals surface area (Å²) in [7, 11) is 0. The maximum absolute atomic E-state index is 11.9. The van der Waals surface area contributed by atoms with Crippen LogP contribution in [0.2, 0.25) is 0 Å². The SMILES string of the molecule is C=C(C(=O)OCC)C(c1ccccc1)n1ccnc1. The molecule has 0 N–H and O–H groups in total. The highest BCUT2D eigenvalue weighted by Crippen LogP contribution is 2.25. The number of hydrogen-bond acceptors (Lipinski definition) is 3. The van der Waals surface area contributed by atoms with Gasteiger partial charge in [-0.1, -0.05) is 36.9 Å². The predicted molar refractivity (Wildman–Crippen MR) is 72.6 cm³/mol. The summed E-state index contributed by atoms with van der Waals surface area (Å²) >= 11 is 0. The Hall–Kier alpha value is -2.36. The lowest BCUT2D eigenvalue weighted by Gasteiger charge is -2.20. The number of carbonyl (C=O) groups excluding carboxylic acids is 1. The van der Waals surface area contributed by atoms with Crippen LogP contribution in [-0.2, 0) is 9.53 Å². The Morgan fingerprint density at radius 2 is 2.16 bits per heavy atom. The summed E-state index contributed by atoms with van der Waals surface area (Å²) in [6, 6.07) is 9.41. The maximum atomic E-state index is 11.9. The Balaban J connectivity index is 2.36. The molecular formula is C15H16N2O2. The fourth-order valence-corrected chi connectivity index (χ4v) is 1.95. The molecule has 0 amide bonds. The van der Waals surface area contributed by atoms with Crippen LogP contribution in [-0.4, -0.2) is 22.1 Å². The molecule has 19 heavy (non-hydrogen) atoms. The van der Waals surface area contributed by atoms with Crippen molar-refractivity contribution >= 4 is 5.97 Å². The van der Waals surface area contributed by atoms with Crippen molar-refractivity contribution in [3.8, 4) is 0 Å². The molecule has 0 saturated heterocycles. The first-order valence-corrected chi connectivity index (χ1v) is 6.12. The molecule has 0 aliphatic rings. The van der Waals surface area contributed by atoms with E-state index in [2.05, 4.69) is 11.6 Å². The first kappa shape index (κ1) is 13.1. The second-order valence-corrected chi connectivity index (χ2v) is 4.07. The molecule has 2 aromatic rings. The van der Waals surface area contributed by atoms with Gasteiger partial charge in [0.05, 0.1) is 24.5 Å². The smallest absolute Gasteiger partial charge is 0.335 e. The molecule has 98 valence electrons. The first-order chi connectivity index (χ1) is 9.24. The van der Waals surface area contributed by atoms with E-state index >= 15 is 0 Å². The summed E-state index contributed by atoms with van der Waals surface area (Å²) in [5, 5.41) is 0. The third-order valence-corrected chi connectivity index (χ3v) is 2.81. The number of benzene rings is 1. The van der Waals surface area contributed by atoms with E-state index < -0.39 is 0 Å².